The van der Waals surface area contributed by atoms with Gasteiger partial charge in [-0.1, -0.05) is 35.5 Å². The summed E-state index contributed by atoms with van der Waals surface area (Å²) in [5.74, 6) is 1.98. The number of rotatable bonds is 11. The Morgan fingerprint density at radius 2 is 1.65 bits per heavy atom. The highest BCUT2D eigenvalue weighted by Gasteiger charge is 2.29. The summed E-state index contributed by atoms with van der Waals surface area (Å²) in [6.45, 7) is 5.14. The number of carbonyl (C=O) groups is 1. The number of aliphatic carboxylic acids is 1. The molecule has 0 amide bonds. The maximum Gasteiger partial charge on any atom is 0.347 e. The average molecular weight is 574 g/mol. The van der Waals surface area contributed by atoms with E-state index in [9.17, 15) is 9.90 Å². The van der Waals surface area contributed by atoms with Crippen molar-refractivity contribution in [1.82, 2.24) is 15.1 Å². The third-order valence-corrected chi connectivity index (χ3v) is 8.26. The standard InChI is InChI=1S/C30H27N3O5S2/c1-19-31-27(33-38-19)20-9-11-22(12-10-20)36-17-25-26(40-28(32-25)21-7-5-4-6-8-21)18-39-24-15-13-23(14-16-24)37-30(2,3)29(34)35/h4-16H,17-18H2,1-3H3,(H,34,35). The lowest BCUT2D eigenvalue weighted by atomic mass is 10.1. The fraction of sp³-hybridized carbons (Fsp3) is 0.200. The van der Waals surface area contributed by atoms with Crippen LogP contribution in [0.5, 0.6) is 11.5 Å². The molecular formula is C30H27N3O5S2. The van der Waals surface area contributed by atoms with Crippen LogP contribution < -0.4 is 9.47 Å². The Labute approximate surface area is 240 Å². The quantitative estimate of drug-likeness (QED) is 0.163. The molecule has 204 valence electrons. The summed E-state index contributed by atoms with van der Waals surface area (Å²) in [4.78, 5) is 22.7. The molecule has 2 aromatic heterocycles. The molecule has 0 unspecified atom stereocenters. The molecule has 0 atom stereocenters. The van der Waals surface area contributed by atoms with Gasteiger partial charge in [-0.15, -0.1) is 23.1 Å². The number of thiazole rings is 1. The average Bonchev–Trinajstić information content (AvgIpc) is 3.58. The largest absolute Gasteiger partial charge is 0.487 e. The molecule has 0 spiro atoms. The second kappa shape index (κ2) is 11.9. The molecule has 8 nitrogen and oxygen atoms in total. The highest BCUT2D eigenvalue weighted by atomic mass is 32.2. The number of thioether (sulfide) groups is 1. The fourth-order valence-corrected chi connectivity index (χ4v) is 5.74. The Morgan fingerprint density at radius 3 is 2.30 bits per heavy atom. The van der Waals surface area contributed by atoms with Gasteiger partial charge >= 0.3 is 5.97 Å². The SMILES string of the molecule is Cc1nc(-c2ccc(OCc3nc(-c4ccccc4)sc3CSc3ccc(OC(C)(C)C(=O)O)cc3)cc2)no1. The second-order valence-corrected chi connectivity index (χ2v) is 11.5. The molecule has 0 saturated carbocycles. The summed E-state index contributed by atoms with van der Waals surface area (Å²) >= 11 is 3.33. The number of aryl methyl sites for hydroxylation is 1. The van der Waals surface area contributed by atoms with Gasteiger partial charge in [-0.05, 0) is 62.4 Å². The van der Waals surface area contributed by atoms with E-state index in [1.165, 1.54) is 13.8 Å². The number of hydrogen-bond acceptors (Lipinski definition) is 9. The lowest BCUT2D eigenvalue weighted by Crippen LogP contribution is -2.37. The zero-order valence-electron chi connectivity index (χ0n) is 22.2. The molecule has 1 N–H and O–H groups in total. The van der Waals surface area contributed by atoms with Gasteiger partial charge in [-0.25, -0.2) is 9.78 Å². The summed E-state index contributed by atoms with van der Waals surface area (Å²) in [5, 5.41) is 14.2. The predicted octanol–water partition coefficient (Wildman–Crippen LogP) is 7.28. The Kier molecular flexibility index (Phi) is 8.18. The topological polar surface area (TPSA) is 108 Å². The van der Waals surface area contributed by atoms with Gasteiger partial charge in [-0.3, -0.25) is 0 Å². The van der Waals surface area contributed by atoms with E-state index in [1.807, 2.05) is 54.6 Å². The Morgan fingerprint density at radius 1 is 0.950 bits per heavy atom. The molecule has 10 heteroatoms. The van der Waals surface area contributed by atoms with Crippen molar-refractivity contribution >= 4 is 29.1 Å². The van der Waals surface area contributed by atoms with Gasteiger partial charge in [0.25, 0.3) is 0 Å². The number of aromatic nitrogens is 3. The van der Waals surface area contributed by atoms with Crippen LogP contribution in [0, 0.1) is 6.92 Å². The van der Waals surface area contributed by atoms with Crippen LogP contribution in [-0.2, 0) is 17.2 Å². The van der Waals surface area contributed by atoms with Gasteiger partial charge < -0.3 is 19.1 Å². The zero-order chi connectivity index (χ0) is 28.1. The molecule has 0 aliphatic carbocycles. The van der Waals surface area contributed by atoms with E-state index in [4.69, 9.17) is 19.0 Å². The van der Waals surface area contributed by atoms with Gasteiger partial charge in [0, 0.05) is 33.6 Å². The van der Waals surface area contributed by atoms with Gasteiger partial charge in [0.2, 0.25) is 11.7 Å². The number of carboxylic acids is 1. The minimum Gasteiger partial charge on any atom is -0.487 e. The van der Waals surface area contributed by atoms with E-state index < -0.39 is 11.6 Å². The first-order valence-corrected chi connectivity index (χ1v) is 14.3. The van der Waals surface area contributed by atoms with Crippen LogP contribution in [-0.4, -0.2) is 31.8 Å². The van der Waals surface area contributed by atoms with E-state index in [0.29, 0.717) is 29.8 Å². The number of nitrogens with zero attached hydrogens (tertiary/aromatic N) is 3. The maximum atomic E-state index is 11.4. The summed E-state index contributed by atoms with van der Waals surface area (Å²) < 4.78 is 16.8. The van der Waals surface area contributed by atoms with Crippen molar-refractivity contribution in [3.8, 4) is 33.5 Å². The van der Waals surface area contributed by atoms with Crippen LogP contribution >= 0.6 is 23.1 Å². The first-order chi connectivity index (χ1) is 19.3. The Balaban J connectivity index is 1.28. The molecular weight excluding hydrogens is 546 g/mol. The third kappa shape index (κ3) is 6.70. The van der Waals surface area contributed by atoms with Crippen molar-refractivity contribution in [3.05, 3.63) is 95.3 Å². The normalized spacial score (nSPS) is 11.4. The third-order valence-electron chi connectivity index (χ3n) is 5.90. The smallest absolute Gasteiger partial charge is 0.347 e. The van der Waals surface area contributed by atoms with E-state index in [0.717, 1.165) is 37.4 Å². The molecule has 3 aromatic carbocycles. The minimum atomic E-state index is -1.30. The van der Waals surface area contributed by atoms with Crippen molar-refractivity contribution in [2.45, 2.75) is 43.6 Å². The van der Waals surface area contributed by atoms with Crippen LogP contribution in [0.15, 0.2) is 88.3 Å². The number of carboxylic acid groups (broad SMARTS) is 1. The molecule has 0 saturated heterocycles. The number of hydrogen-bond donors (Lipinski definition) is 1. The van der Waals surface area contributed by atoms with E-state index >= 15 is 0 Å². The predicted molar refractivity (Wildman–Crippen MR) is 155 cm³/mol. The maximum absolute atomic E-state index is 11.4. The summed E-state index contributed by atoms with van der Waals surface area (Å²) in [6, 6.07) is 25.1. The first-order valence-electron chi connectivity index (χ1n) is 12.5. The summed E-state index contributed by atoms with van der Waals surface area (Å²) in [7, 11) is 0. The zero-order valence-corrected chi connectivity index (χ0v) is 23.8. The van der Waals surface area contributed by atoms with Crippen molar-refractivity contribution in [2.75, 3.05) is 0 Å². The Hall–Kier alpha value is -4.15. The Bertz CT molecular complexity index is 1580. The van der Waals surface area contributed by atoms with Crippen molar-refractivity contribution in [1.29, 1.82) is 0 Å². The molecule has 5 rings (SSSR count). The van der Waals surface area contributed by atoms with Crippen molar-refractivity contribution < 1.29 is 23.9 Å². The monoisotopic (exact) mass is 573 g/mol. The van der Waals surface area contributed by atoms with E-state index in [-0.39, 0.29) is 0 Å². The molecule has 0 bridgehead atoms. The highest BCUT2D eigenvalue weighted by Crippen LogP contribution is 2.34. The molecule has 5 aromatic rings. The van der Waals surface area contributed by atoms with Crippen LogP contribution in [0.2, 0.25) is 0 Å². The molecule has 0 fully saturated rings. The number of benzene rings is 3. The van der Waals surface area contributed by atoms with Crippen LogP contribution in [0.1, 0.15) is 30.3 Å². The minimum absolute atomic E-state index is 0.330. The molecule has 0 aliphatic rings. The van der Waals surface area contributed by atoms with Gasteiger partial charge in [0.15, 0.2) is 5.60 Å². The van der Waals surface area contributed by atoms with E-state index in [2.05, 4.69) is 22.3 Å². The number of ether oxygens (including phenoxy) is 2. The van der Waals surface area contributed by atoms with Crippen LogP contribution in [0.3, 0.4) is 0 Å². The van der Waals surface area contributed by atoms with Gasteiger partial charge in [0.05, 0.1) is 5.69 Å². The van der Waals surface area contributed by atoms with Crippen LogP contribution in [0.4, 0.5) is 0 Å². The van der Waals surface area contributed by atoms with Crippen molar-refractivity contribution in [3.63, 3.8) is 0 Å². The molecule has 2 heterocycles. The summed E-state index contributed by atoms with van der Waals surface area (Å²) in [5.41, 5.74) is 1.50. The first kappa shape index (κ1) is 27.4. The molecule has 40 heavy (non-hydrogen) atoms. The van der Waals surface area contributed by atoms with Gasteiger partial charge in [-0.2, -0.15) is 4.98 Å². The second-order valence-electron chi connectivity index (χ2n) is 9.38. The fourth-order valence-electron chi connectivity index (χ4n) is 3.67. The molecule has 0 aliphatic heterocycles. The van der Waals surface area contributed by atoms with Crippen molar-refractivity contribution in [2.24, 2.45) is 0 Å². The van der Waals surface area contributed by atoms with E-state index in [1.54, 1.807) is 42.2 Å². The van der Waals surface area contributed by atoms with Gasteiger partial charge in [0.1, 0.15) is 23.1 Å². The lowest BCUT2D eigenvalue weighted by Gasteiger charge is -2.21. The summed E-state index contributed by atoms with van der Waals surface area (Å²) in [6.07, 6.45) is 0. The van der Waals surface area contributed by atoms with Crippen LogP contribution in [0.25, 0.3) is 22.0 Å². The highest BCUT2D eigenvalue weighted by molar-refractivity contribution is 7.98. The lowest BCUT2D eigenvalue weighted by molar-refractivity contribution is -0.152. The molecule has 0 radical (unpaired) electrons.